The maximum Gasteiger partial charge on any atom is 0.0291 e. The average molecular weight is 282 g/mol. The zero-order valence-electron chi connectivity index (χ0n) is 9.88. The van der Waals surface area contributed by atoms with E-state index in [1.165, 1.54) is 31.2 Å². The number of nitrogens with one attached hydrogen (secondary N) is 1. The van der Waals surface area contributed by atoms with Crippen LogP contribution in [-0.2, 0) is 0 Å². The zero-order valence-corrected chi connectivity index (χ0v) is 11.5. The highest BCUT2D eigenvalue weighted by atomic mass is 79.9. The average Bonchev–Trinajstić information content (AvgIpc) is 3.09. The Bertz CT molecular complexity index is 316. The van der Waals surface area contributed by atoms with Crippen molar-refractivity contribution in [3.8, 4) is 0 Å². The van der Waals surface area contributed by atoms with Crippen molar-refractivity contribution < 1.29 is 0 Å². The van der Waals surface area contributed by atoms with Gasteiger partial charge in [-0.05, 0) is 49.9 Å². The first-order chi connectivity index (χ1) is 7.75. The highest BCUT2D eigenvalue weighted by Gasteiger charge is 2.20. The molecule has 0 saturated heterocycles. The third-order valence-corrected chi connectivity index (χ3v) is 3.84. The molecule has 1 aliphatic rings. The first-order valence-electron chi connectivity index (χ1n) is 6.24. The van der Waals surface area contributed by atoms with Crippen LogP contribution in [0.4, 0.5) is 0 Å². The van der Waals surface area contributed by atoms with Gasteiger partial charge in [0.1, 0.15) is 0 Å². The monoisotopic (exact) mass is 281 g/mol. The van der Waals surface area contributed by atoms with Gasteiger partial charge in [-0.1, -0.05) is 40.9 Å². The minimum Gasteiger partial charge on any atom is -0.310 e. The Labute approximate surface area is 107 Å². The van der Waals surface area contributed by atoms with Crippen LogP contribution in [-0.4, -0.2) is 6.54 Å². The maximum absolute atomic E-state index is 3.59. The SMILES string of the molecule is CC(NCCCC1CC1)c1ccc(Br)cc1. The van der Waals surface area contributed by atoms with E-state index in [1.54, 1.807) is 0 Å². The van der Waals surface area contributed by atoms with Crippen LogP contribution in [0.5, 0.6) is 0 Å². The quantitative estimate of drug-likeness (QED) is 0.767. The van der Waals surface area contributed by atoms with Crippen molar-refractivity contribution >= 4 is 15.9 Å². The molecule has 0 aromatic heterocycles. The minimum absolute atomic E-state index is 0.465. The summed E-state index contributed by atoms with van der Waals surface area (Å²) in [6.07, 6.45) is 5.69. The van der Waals surface area contributed by atoms with Gasteiger partial charge in [0.2, 0.25) is 0 Å². The highest BCUT2D eigenvalue weighted by Crippen LogP contribution is 2.33. The van der Waals surface area contributed by atoms with E-state index in [0.29, 0.717) is 6.04 Å². The van der Waals surface area contributed by atoms with E-state index in [1.807, 2.05) is 0 Å². The highest BCUT2D eigenvalue weighted by molar-refractivity contribution is 9.10. The molecule has 1 aromatic carbocycles. The van der Waals surface area contributed by atoms with Crippen molar-refractivity contribution in [2.45, 2.75) is 38.6 Å². The Hall–Kier alpha value is -0.340. The molecule has 2 heteroatoms. The molecule has 1 fully saturated rings. The number of halogens is 1. The van der Waals surface area contributed by atoms with Gasteiger partial charge in [-0.25, -0.2) is 0 Å². The lowest BCUT2D eigenvalue weighted by atomic mass is 10.1. The number of hydrogen-bond donors (Lipinski definition) is 1. The second-order valence-electron chi connectivity index (χ2n) is 4.81. The fraction of sp³-hybridized carbons (Fsp3) is 0.571. The largest absolute Gasteiger partial charge is 0.310 e. The van der Waals surface area contributed by atoms with Crippen molar-refractivity contribution in [3.63, 3.8) is 0 Å². The Morgan fingerprint density at radius 3 is 2.62 bits per heavy atom. The molecule has 16 heavy (non-hydrogen) atoms. The molecule has 1 aliphatic carbocycles. The van der Waals surface area contributed by atoms with Crippen LogP contribution in [0.3, 0.4) is 0 Å². The Balaban J connectivity index is 1.69. The first-order valence-corrected chi connectivity index (χ1v) is 7.04. The zero-order chi connectivity index (χ0) is 11.4. The molecule has 2 rings (SSSR count). The summed E-state index contributed by atoms with van der Waals surface area (Å²) in [6.45, 7) is 3.38. The van der Waals surface area contributed by atoms with E-state index in [2.05, 4.69) is 52.4 Å². The standard InChI is InChI=1S/C14H20BrN/c1-11(13-6-8-14(15)9-7-13)16-10-2-3-12-4-5-12/h6-9,11-12,16H,2-5,10H2,1H3. The summed E-state index contributed by atoms with van der Waals surface area (Å²) in [6, 6.07) is 9.05. The summed E-state index contributed by atoms with van der Waals surface area (Å²) in [5, 5.41) is 3.59. The van der Waals surface area contributed by atoms with E-state index in [9.17, 15) is 0 Å². The summed E-state index contributed by atoms with van der Waals surface area (Å²) in [5.41, 5.74) is 1.37. The summed E-state index contributed by atoms with van der Waals surface area (Å²) in [7, 11) is 0. The Morgan fingerprint density at radius 2 is 2.00 bits per heavy atom. The van der Waals surface area contributed by atoms with E-state index in [0.717, 1.165) is 16.9 Å². The number of hydrogen-bond acceptors (Lipinski definition) is 1. The first kappa shape index (κ1) is 12.1. The molecule has 0 aliphatic heterocycles. The summed E-state index contributed by atoms with van der Waals surface area (Å²) < 4.78 is 1.15. The molecule has 0 spiro atoms. The molecule has 0 bridgehead atoms. The van der Waals surface area contributed by atoms with E-state index in [-0.39, 0.29) is 0 Å². The van der Waals surface area contributed by atoms with Crippen molar-refractivity contribution in [3.05, 3.63) is 34.3 Å². The van der Waals surface area contributed by atoms with Crippen LogP contribution in [0.15, 0.2) is 28.7 Å². The van der Waals surface area contributed by atoms with Crippen molar-refractivity contribution in [1.29, 1.82) is 0 Å². The lowest BCUT2D eigenvalue weighted by Crippen LogP contribution is -2.19. The maximum atomic E-state index is 3.59. The summed E-state index contributed by atoms with van der Waals surface area (Å²) in [5.74, 6) is 1.06. The molecule has 1 N–H and O–H groups in total. The molecule has 0 radical (unpaired) electrons. The topological polar surface area (TPSA) is 12.0 Å². The molecular formula is C14H20BrN. The van der Waals surface area contributed by atoms with E-state index < -0.39 is 0 Å². The van der Waals surface area contributed by atoms with Crippen LogP contribution in [0.25, 0.3) is 0 Å². The van der Waals surface area contributed by atoms with Gasteiger partial charge >= 0.3 is 0 Å². The van der Waals surface area contributed by atoms with Gasteiger partial charge in [-0.15, -0.1) is 0 Å². The summed E-state index contributed by atoms with van der Waals surface area (Å²) in [4.78, 5) is 0. The predicted octanol–water partition coefficient (Wildman–Crippen LogP) is 4.29. The second kappa shape index (κ2) is 5.83. The lowest BCUT2D eigenvalue weighted by molar-refractivity contribution is 0.533. The van der Waals surface area contributed by atoms with Gasteiger partial charge < -0.3 is 5.32 Å². The fourth-order valence-corrected chi connectivity index (χ4v) is 2.25. The molecule has 1 unspecified atom stereocenters. The van der Waals surface area contributed by atoms with E-state index in [4.69, 9.17) is 0 Å². The van der Waals surface area contributed by atoms with Gasteiger partial charge in [0, 0.05) is 10.5 Å². The van der Waals surface area contributed by atoms with Crippen LogP contribution in [0.2, 0.25) is 0 Å². The molecule has 0 amide bonds. The number of rotatable bonds is 6. The summed E-state index contributed by atoms with van der Waals surface area (Å²) >= 11 is 3.46. The van der Waals surface area contributed by atoms with Crippen LogP contribution >= 0.6 is 15.9 Å². The van der Waals surface area contributed by atoms with Crippen LogP contribution in [0, 0.1) is 5.92 Å². The lowest BCUT2D eigenvalue weighted by Gasteiger charge is -2.14. The molecule has 0 heterocycles. The molecule has 1 saturated carbocycles. The van der Waals surface area contributed by atoms with Crippen LogP contribution < -0.4 is 5.32 Å². The van der Waals surface area contributed by atoms with Crippen LogP contribution in [0.1, 0.15) is 44.2 Å². The number of benzene rings is 1. The third kappa shape index (κ3) is 3.91. The second-order valence-corrected chi connectivity index (χ2v) is 5.73. The normalized spacial score (nSPS) is 17.4. The van der Waals surface area contributed by atoms with Gasteiger partial charge in [0.15, 0.2) is 0 Å². The van der Waals surface area contributed by atoms with E-state index >= 15 is 0 Å². The minimum atomic E-state index is 0.465. The third-order valence-electron chi connectivity index (χ3n) is 3.31. The smallest absolute Gasteiger partial charge is 0.0291 e. The molecule has 1 atom stereocenters. The van der Waals surface area contributed by atoms with Crippen molar-refractivity contribution in [1.82, 2.24) is 5.32 Å². The van der Waals surface area contributed by atoms with Gasteiger partial charge in [-0.2, -0.15) is 0 Å². The molecular weight excluding hydrogens is 262 g/mol. The van der Waals surface area contributed by atoms with Gasteiger partial charge in [0.05, 0.1) is 0 Å². The molecule has 1 nitrogen and oxygen atoms in total. The Kier molecular flexibility index (Phi) is 4.42. The fourth-order valence-electron chi connectivity index (χ4n) is 1.99. The molecule has 1 aromatic rings. The molecule has 88 valence electrons. The van der Waals surface area contributed by atoms with Gasteiger partial charge in [-0.3, -0.25) is 0 Å². The van der Waals surface area contributed by atoms with Gasteiger partial charge in [0.25, 0.3) is 0 Å². The van der Waals surface area contributed by atoms with Crippen molar-refractivity contribution in [2.75, 3.05) is 6.54 Å². The predicted molar refractivity (Wildman–Crippen MR) is 72.5 cm³/mol. The Morgan fingerprint density at radius 1 is 1.31 bits per heavy atom. The van der Waals surface area contributed by atoms with Crippen molar-refractivity contribution in [2.24, 2.45) is 5.92 Å².